The zero-order chi connectivity index (χ0) is 27.7. The van der Waals surface area contributed by atoms with E-state index in [1.165, 1.54) is 11.1 Å². The molecule has 0 saturated carbocycles. The molecule has 0 bridgehead atoms. The number of benzene rings is 2. The SMILES string of the molecule is Cc1ccc([C@H]2CCN(C(=O)c3cnn(-c4ccccc4Cl)c3C3CCN(C(=O)OC(C)(C)C)CC3)C2)cc1. The van der Waals surface area contributed by atoms with E-state index >= 15 is 0 Å². The van der Waals surface area contributed by atoms with Crippen molar-refractivity contribution in [3.8, 4) is 5.69 Å². The maximum absolute atomic E-state index is 14.0. The third kappa shape index (κ3) is 5.98. The van der Waals surface area contributed by atoms with Crippen LogP contribution in [0.15, 0.2) is 54.7 Å². The number of aromatic nitrogens is 2. The lowest BCUT2D eigenvalue weighted by atomic mass is 9.90. The summed E-state index contributed by atoms with van der Waals surface area (Å²) in [5.41, 5.74) is 4.21. The van der Waals surface area contributed by atoms with E-state index in [4.69, 9.17) is 16.3 Å². The summed E-state index contributed by atoms with van der Waals surface area (Å²) in [6, 6.07) is 16.2. The Hall–Kier alpha value is -3.32. The smallest absolute Gasteiger partial charge is 0.410 e. The van der Waals surface area contributed by atoms with Gasteiger partial charge in [0.05, 0.1) is 28.2 Å². The highest BCUT2D eigenvalue weighted by Crippen LogP contribution is 2.36. The van der Waals surface area contributed by atoms with Gasteiger partial charge in [-0.1, -0.05) is 53.6 Å². The number of nitrogens with zero attached hydrogens (tertiary/aromatic N) is 4. The Kier molecular flexibility index (Phi) is 7.72. The van der Waals surface area contributed by atoms with Crippen molar-refractivity contribution in [2.75, 3.05) is 26.2 Å². The van der Waals surface area contributed by atoms with Gasteiger partial charge in [0.25, 0.3) is 5.91 Å². The molecule has 0 radical (unpaired) electrons. The van der Waals surface area contributed by atoms with Crippen molar-refractivity contribution in [2.24, 2.45) is 0 Å². The van der Waals surface area contributed by atoms with Gasteiger partial charge in [0.15, 0.2) is 0 Å². The van der Waals surface area contributed by atoms with Crippen molar-refractivity contribution in [1.29, 1.82) is 0 Å². The van der Waals surface area contributed by atoms with Crippen molar-refractivity contribution in [1.82, 2.24) is 19.6 Å². The summed E-state index contributed by atoms with van der Waals surface area (Å²) in [5.74, 6) is 0.387. The number of amides is 2. The molecule has 2 aromatic carbocycles. The minimum Gasteiger partial charge on any atom is -0.444 e. The highest BCUT2D eigenvalue weighted by atomic mass is 35.5. The van der Waals surface area contributed by atoms with Crippen LogP contribution in [0.1, 0.15) is 79.0 Å². The molecule has 0 unspecified atom stereocenters. The van der Waals surface area contributed by atoms with Gasteiger partial charge in [0, 0.05) is 38.0 Å². The Morgan fingerprint density at radius 2 is 1.56 bits per heavy atom. The number of para-hydroxylation sites is 1. The Morgan fingerprint density at radius 1 is 0.923 bits per heavy atom. The number of likely N-dealkylation sites (tertiary alicyclic amines) is 2. The first-order chi connectivity index (χ1) is 18.6. The first kappa shape index (κ1) is 27.3. The fourth-order valence-electron chi connectivity index (χ4n) is 5.62. The van der Waals surface area contributed by atoms with Gasteiger partial charge in [-0.25, -0.2) is 9.48 Å². The summed E-state index contributed by atoms with van der Waals surface area (Å²) in [6.45, 7) is 10.2. The quantitative estimate of drug-likeness (QED) is 0.369. The summed E-state index contributed by atoms with van der Waals surface area (Å²) >= 11 is 6.58. The number of halogens is 1. The summed E-state index contributed by atoms with van der Waals surface area (Å²) in [4.78, 5) is 30.3. The molecule has 1 atom stereocenters. The number of ether oxygens (including phenoxy) is 1. The standard InChI is InChI=1S/C31H37ClN4O3/c1-21-9-11-22(12-10-21)24-15-18-35(20-24)29(37)25-19-33-36(27-8-6-5-7-26(27)32)28(25)23-13-16-34(17-14-23)30(38)39-31(2,3)4/h5-12,19,23-24H,13-18,20H2,1-4H3/t24-/m0/s1. The number of carbonyl (C=O) groups excluding carboxylic acids is 2. The molecule has 0 aliphatic carbocycles. The predicted octanol–water partition coefficient (Wildman–Crippen LogP) is 6.58. The van der Waals surface area contributed by atoms with E-state index in [0.29, 0.717) is 55.5 Å². The highest BCUT2D eigenvalue weighted by Gasteiger charge is 2.35. The van der Waals surface area contributed by atoms with E-state index < -0.39 is 5.60 Å². The van der Waals surface area contributed by atoms with Crippen LogP contribution in [-0.4, -0.2) is 63.4 Å². The van der Waals surface area contributed by atoms with E-state index in [1.54, 1.807) is 11.1 Å². The van der Waals surface area contributed by atoms with E-state index in [1.807, 2.05) is 54.6 Å². The van der Waals surface area contributed by atoms with E-state index in [9.17, 15) is 9.59 Å². The number of rotatable bonds is 4. The van der Waals surface area contributed by atoms with Crippen molar-refractivity contribution >= 4 is 23.6 Å². The predicted molar refractivity (Wildman–Crippen MR) is 153 cm³/mol. The molecule has 2 amide bonds. The lowest BCUT2D eigenvalue weighted by molar-refractivity contribution is 0.0203. The third-order valence-electron chi connectivity index (χ3n) is 7.68. The lowest BCUT2D eigenvalue weighted by Crippen LogP contribution is -2.41. The monoisotopic (exact) mass is 548 g/mol. The summed E-state index contributed by atoms with van der Waals surface area (Å²) in [5, 5.41) is 5.26. The van der Waals surface area contributed by atoms with E-state index in [-0.39, 0.29) is 17.9 Å². The summed E-state index contributed by atoms with van der Waals surface area (Å²) in [7, 11) is 0. The van der Waals surface area contributed by atoms with Crippen LogP contribution in [0.2, 0.25) is 5.02 Å². The molecular weight excluding hydrogens is 512 g/mol. The fraction of sp³-hybridized carbons (Fsp3) is 0.452. The van der Waals surface area contributed by atoms with Crippen molar-refractivity contribution in [3.63, 3.8) is 0 Å². The van der Waals surface area contributed by atoms with Gasteiger partial charge in [-0.15, -0.1) is 0 Å². The number of hydrogen-bond acceptors (Lipinski definition) is 4. The van der Waals surface area contributed by atoms with Crippen LogP contribution in [0.5, 0.6) is 0 Å². The molecule has 39 heavy (non-hydrogen) atoms. The van der Waals surface area contributed by atoms with Crippen LogP contribution in [0, 0.1) is 6.92 Å². The number of hydrogen-bond donors (Lipinski definition) is 0. The molecule has 5 rings (SSSR count). The van der Waals surface area contributed by atoms with E-state index in [2.05, 4.69) is 36.3 Å². The first-order valence-corrected chi connectivity index (χ1v) is 14.1. The lowest BCUT2D eigenvalue weighted by Gasteiger charge is -2.34. The molecule has 206 valence electrons. The second-order valence-electron chi connectivity index (χ2n) is 11.7. The maximum Gasteiger partial charge on any atom is 0.410 e. The third-order valence-corrected chi connectivity index (χ3v) is 7.99. The molecule has 2 aliphatic rings. The molecular formula is C31H37ClN4O3. The van der Waals surface area contributed by atoms with Gasteiger partial charge in [-0.2, -0.15) is 5.10 Å². The van der Waals surface area contributed by atoms with Crippen LogP contribution >= 0.6 is 11.6 Å². The van der Waals surface area contributed by atoms with Gasteiger partial charge in [0.1, 0.15) is 5.60 Å². The topological polar surface area (TPSA) is 67.7 Å². The van der Waals surface area contributed by atoms with Crippen molar-refractivity contribution in [3.05, 3.63) is 82.1 Å². The highest BCUT2D eigenvalue weighted by molar-refractivity contribution is 6.32. The molecule has 2 saturated heterocycles. The molecule has 2 fully saturated rings. The van der Waals surface area contributed by atoms with Gasteiger partial charge < -0.3 is 14.5 Å². The largest absolute Gasteiger partial charge is 0.444 e. The average molecular weight is 549 g/mol. The Morgan fingerprint density at radius 3 is 2.23 bits per heavy atom. The number of aryl methyl sites for hydroxylation is 1. The summed E-state index contributed by atoms with van der Waals surface area (Å²) < 4.78 is 7.42. The summed E-state index contributed by atoms with van der Waals surface area (Å²) in [6.07, 6.45) is 3.76. The Bertz CT molecular complexity index is 1340. The molecule has 3 aromatic rings. The zero-order valence-corrected chi connectivity index (χ0v) is 23.9. The Labute approximate surface area is 235 Å². The fourth-order valence-corrected chi connectivity index (χ4v) is 5.83. The minimum absolute atomic E-state index is 0.00693. The average Bonchev–Trinajstić information content (AvgIpc) is 3.56. The Balaban J connectivity index is 1.40. The number of carbonyl (C=O) groups is 2. The second kappa shape index (κ2) is 11.0. The van der Waals surface area contributed by atoms with Gasteiger partial charge >= 0.3 is 6.09 Å². The van der Waals surface area contributed by atoms with Crippen LogP contribution in [0.25, 0.3) is 5.69 Å². The molecule has 3 heterocycles. The first-order valence-electron chi connectivity index (χ1n) is 13.8. The van der Waals surface area contributed by atoms with Gasteiger partial charge in [0.2, 0.25) is 0 Å². The molecule has 7 nitrogen and oxygen atoms in total. The zero-order valence-electron chi connectivity index (χ0n) is 23.2. The van der Waals surface area contributed by atoms with Crippen molar-refractivity contribution < 1.29 is 14.3 Å². The number of piperidine rings is 1. The van der Waals surface area contributed by atoms with Crippen LogP contribution in [0.4, 0.5) is 4.79 Å². The molecule has 1 aromatic heterocycles. The normalized spacial score (nSPS) is 18.4. The van der Waals surface area contributed by atoms with Crippen LogP contribution in [-0.2, 0) is 4.74 Å². The van der Waals surface area contributed by atoms with Crippen LogP contribution < -0.4 is 0 Å². The maximum atomic E-state index is 14.0. The van der Waals surface area contributed by atoms with E-state index in [0.717, 1.165) is 17.8 Å². The second-order valence-corrected chi connectivity index (χ2v) is 12.1. The van der Waals surface area contributed by atoms with Gasteiger partial charge in [-0.3, -0.25) is 4.79 Å². The van der Waals surface area contributed by atoms with Crippen LogP contribution in [0.3, 0.4) is 0 Å². The minimum atomic E-state index is -0.539. The molecule has 0 N–H and O–H groups in total. The molecule has 8 heteroatoms. The molecule has 0 spiro atoms. The van der Waals surface area contributed by atoms with Gasteiger partial charge in [-0.05, 0) is 64.7 Å². The molecule has 2 aliphatic heterocycles. The van der Waals surface area contributed by atoms with Crippen molar-refractivity contribution in [2.45, 2.75) is 64.4 Å².